The molecule has 5 rings (SSSR count). The summed E-state index contributed by atoms with van der Waals surface area (Å²) in [5.74, 6) is -0.221. The summed E-state index contributed by atoms with van der Waals surface area (Å²) in [6.07, 6.45) is 3.85. The monoisotopic (exact) mass is 829 g/mol. The second-order valence-corrected chi connectivity index (χ2v) is 14.2. The molecule has 0 heterocycles. The summed E-state index contributed by atoms with van der Waals surface area (Å²) >= 11 is 6.78. The van der Waals surface area contributed by atoms with Gasteiger partial charge in [-0.15, -0.1) is 0 Å². The number of carbonyl (C=O) groups excluding carboxylic acids is 1. The van der Waals surface area contributed by atoms with Gasteiger partial charge >= 0.3 is 5.97 Å². The first-order chi connectivity index (χ1) is 17.5. The van der Waals surface area contributed by atoms with Gasteiger partial charge in [0.25, 0.3) is 0 Å². The highest BCUT2D eigenvalue weighted by atomic mass is 127. The number of hydrogen-bond acceptors (Lipinski definition) is 2. The zero-order valence-electron chi connectivity index (χ0n) is 19.4. The molecule has 4 aromatic carbocycles. The van der Waals surface area contributed by atoms with E-state index in [1.54, 1.807) is 0 Å². The Labute approximate surface area is 256 Å². The van der Waals surface area contributed by atoms with Gasteiger partial charge in [-0.05, 0) is 148 Å². The number of rotatable bonds is 6. The van der Waals surface area contributed by atoms with Crippen LogP contribution < -0.4 is 0 Å². The Morgan fingerprint density at radius 1 is 0.667 bits per heavy atom. The first kappa shape index (κ1) is 26.5. The molecular weight excluding hydrogens is 805 g/mol. The molecule has 6 heteroatoms. The molecule has 0 amide bonds. The molecule has 1 saturated carbocycles. The van der Waals surface area contributed by atoms with Gasteiger partial charge in [-0.25, -0.2) is 4.79 Å². The van der Waals surface area contributed by atoms with Crippen molar-refractivity contribution in [3.05, 3.63) is 119 Å². The molecular formula is C30H24I3O2S+. The summed E-state index contributed by atoms with van der Waals surface area (Å²) in [5, 5.41) is 0. The fourth-order valence-electron chi connectivity index (χ4n) is 4.75. The van der Waals surface area contributed by atoms with Crippen LogP contribution >= 0.6 is 67.8 Å². The highest BCUT2D eigenvalue weighted by Gasteiger charge is 2.41. The fraction of sp³-hybridized carbons (Fsp3) is 0.167. The number of halogens is 3. The minimum atomic E-state index is -0.568. The molecule has 36 heavy (non-hydrogen) atoms. The number of esters is 1. The van der Waals surface area contributed by atoms with Crippen LogP contribution in [-0.4, -0.2) is 5.97 Å². The van der Waals surface area contributed by atoms with E-state index in [1.807, 2.05) is 12.1 Å². The predicted molar refractivity (Wildman–Crippen MR) is 172 cm³/mol. The van der Waals surface area contributed by atoms with Crippen molar-refractivity contribution in [3.8, 4) is 0 Å². The predicted octanol–water partition coefficient (Wildman–Crippen LogP) is 9.22. The topological polar surface area (TPSA) is 26.3 Å². The van der Waals surface area contributed by atoms with Crippen molar-refractivity contribution in [3.63, 3.8) is 0 Å². The van der Waals surface area contributed by atoms with Crippen LogP contribution in [-0.2, 0) is 21.2 Å². The van der Waals surface area contributed by atoms with Crippen molar-refractivity contribution in [2.45, 2.75) is 46.0 Å². The highest BCUT2D eigenvalue weighted by molar-refractivity contribution is 14.1. The van der Waals surface area contributed by atoms with Crippen LogP contribution in [0.3, 0.4) is 0 Å². The lowest BCUT2D eigenvalue weighted by atomic mass is 9.92. The van der Waals surface area contributed by atoms with E-state index in [0.717, 1.165) is 42.0 Å². The molecule has 0 radical (unpaired) electrons. The Bertz CT molecular complexity index is 1310. The summed E-state index contributed by atoms with van der Waals surface area (Å²) in [7, 11) is -0.198. The maximum atomic E-state index is 13.5. The third-order valence-corrected chi connectivity index (χ3v) is 12.7. The molecule has 1 aliphatic rings. The van der Waals surface area contributed by atoms with Crippen molar-refractivity contribution >= 4 is 84.6 Å². The molecule has 182 valence electrons. The van der Waals surface area contributed by atoms with Crippen LogP contribution in [0.5, 0.6) is 0 Å². The minimum Gasteiger partial charge on any atom is -0.451 e. The molecule has 0 saturated heterocycles. The number of benzene rings is 4. The van der Waals surface area contributed by atoms with E-state index in [4.69, 9.17) is 4.74 Å². The van der Waals surface area contributed by atoms with Crippen LogP contribution in [0.15, 0.2) is 112 Å². The lowest BCUT2D eigenvalue weighted by Crippen LogP contribution is -2.30. The smallest absolute Gasteiger partial charge is 0.341 e. The Morgan fingerprint density at radius 2 is 1.17 bits per heavy atom. The van der Waals surface area contributed by atoms with Crippen molar-refractivity contribution in [1.29, 1.82) is 0 Å². The quantitative estimate of drug-likeness (QED) is 0.0840. The van der Waals surface area contributed by atoms with Gasteiger partial charge in [0, 0.05) is 10.7 Å². The van der Waals surface area contributed by atoms with E-state index < -0.39 is 5.60 Å². The molecule has 1 fully saturated rings. The van der Waals surface area contributed by atoms with E-state index in [2.05, 4.69) is 153 Å². The number of hydrogen-bond donors (Lipinski definition) is 0. The van der Waals surface area contributed by atoms with Crippen LogP contribution in [0.4, 0.5) is 0 Å². The average molecular weight is 829 g/mol. The van der Waals surface area contributed by atoms with E-state index in [-0.39, 0.29) is 16.9 Å². The third-order valence-electron chi connectivity index (χ3n) is 6.52. The van der Waals surface area contributed by atoms with E-state index in [9.17, 15) is 4.79 Å². The second-order valence-electron chi connectivity index (χ2n) is 8.77. The van der Waals surface area contributed by atoms with Crippen molar-refractivity contribution in [2.24, 2.45) is 0 Å². The molecule has 0 spiro atoms. The van der Waals surface area contributed by atoms with Crippen LogP contribution in [0.1, 0.15) is 41.6 Å². The maximum Gasteiger partial charge on any atom is 0.341 e. The summed E-state index contributed by atoms with van der Waals surface area (Å²) in [5.41, 5.74) is 1.21. The van der Waals surface area contributed by atoms with Crippen LogP contribution in [0.2, 0.25) is 0 Å². The van der Waals surface area contributed by atoms with Gasteiger partial charge in [0.1, 0.15) is 5.60 Å². The summed E-state index contributed by atoms with van der Waals surface area (Å²) < 4.78 is 9.37. The maximum absolute atomic E-state index is 13.5. The molecule has 0 N–H and O–H groups in total. The van der Waals surface area contributed by atoms with E-state index >= 15 is 0 Å². The molecule has 0 aliphatic heterocycles. The second kappa shape index (κ2) is 11.7. The third kappa shape index (κ3) is 5.51. The average Bonchev–Trinajstić information content (AvgIpc) is 3.38. The largest absolute Gasteiger partial charge is 0.451 e. The Kier molecular flexibility index (Phi) is 8.64. The molecule has 0 bridgehead atoms. The number of ether oxygens (including phenoxy) is 1. The Balaban J connectivity index is 1.49. The fourth-order valence-corrected chi connectivity index (χ4v) is 9.16. The number of carbonyl (C=O) groups is 1. The van der Waals surface area contributed by atoms with Crippen molar-refractivity contribution in [2.75, 3.05) is 0 Å². The zero-order chi connectivity index (χ0) is 25.1. The van der Waals surface area contributed by atoms with Crippen molar-refractivity contribution < 1.29 is 9.53 Å². The van der Waals surface area contributed by atoms with Gasteiger partial charge in [-0.1, -0.05) is 48.5 Å². The summed E-state index contributed by atoms with van der Waals surface area (Å²) in [6.45, 7) is 0. The Morgan fingerprint density at radius 3 is 1.72 bits per heavy atom. The molecule has 4 aromatic rings. The van der Waals surface area contributed by atoms with Gasteiger partial charge in [-0.3, -0.25) is 0 Å². The van der Waals surface area contributed by atoms with Crippen LogP contribution in [0, 0.1) is 10.7 Å². The molecule has 0 aromatic heterocycles. The Hall–Kier alpha value is -1.11. The minimum absolute atomic E-state index is 0.198. The van der Waals surface area contributed by atoms with Crippen molar-refractivity contribution in [1.82, 2.24) is 0 Å². The molecule has 1 aliphatic carbocycles. The van der Waals surface area contributed by atoms with Gasteiger partial charge in [-0.2, -0.15) is 0 Å². The first-order valence-electron chi connectivity index (χ1n) is 11.8. The summed E-state index contributed by atoms with van der Waals surface area (Å²) in [4.78, 5) is 17.3. The van der Waals surface area contributed by atoms with Gasteiger partial charge in [0.2, 0.25) is 0 Å². The molecule has 0 atom stereocenters. The lowest BCUT2D eigenvalue weighted by Gasteiger charge is -2.30. The highest BCUT2D eigenvalue weighted by Crippen LogP contribution is 2.44. The van der Waals surface area contributed by atoms with Gasteiger partial charge in [0.15, 0.2) is 14.7 Å². The SMILES string of the molecule is O=C(OC1(c2ccc([S+](c3ccccc3)c3ccccc3)cc2)CCCC1)c1c(I)ccc(I)c1I. The normalized spacial score (nSPS) is 14.7. The zero-order valence-corrected chi connectivity index (χ0v) is 26.7. The summed E-state index contributed by atoms with van der Waals surface area (Å²) in [6, 6.07) is 34.2. The first-order valence-corrected chi connectivity index (χ1v) is 16.3. The van der Waals surface area contributed by atoms with Gasteiger partial charge < -0.3 is 4.74 Å². The van der Waals surface area contributed by atoms with Gasteiger partial charge in [0.05, 0.1) is 16.5 Å². The van der Waals surface area contributed by atoms with E-state index in [1.165, 1.54) is 14.7 Å². The molecule has 0 unspecified atom stereocenters. The molecule has 2 nitrogen and oxygen atoms in total. The van der Waals surface area contributed by atoms with Crippen LogP contribution in [0.25, 0.3) is 0 Å². The lowest BCUT2D eigenvalue weighted by molar-refractivity contribution is -0.0186. The van der Waals surface area contributed by atoms with E-state index in [0.29, 0.717) is 5.56 Å². The standard InChI is InChI=1S/C30H24I3O2S/c31-25-17-18-26(32)28(33)27(25)29(34)35-30(19-7-8-20-30)21-13-15-24(16-14-21)36(22-9-3-1-4-10-22)23-11-5-2-6-12-23/h1-6,9-18H,7-8,19-20H2/q+1.